The third-order valence-corrected chi connectivity index (χ3v) is 3.27. The quantitative estimate of drug-likeness (QED) is 0.848. The zero-order valence-electron chi connectivity index (χ0n) is 11.6. The van der Waals surface area contributed by atoms with Crippen LogP contribution in [0.3, 0.4) is 0 Å². The molecule has 0 saturated heterocycles. The fourth-order valence-corrected chi connectivity index (χ4v) is 2.14. The van der Waals surface area contributed by atoms with Crippen molar-refractivity contribution in [1.82, 2.24) is 0 Å². The molecule has 0 aliphatic carbocycles. The Bertz CT molecular complexity index is 770. The molecule has 0 saturated carbocycles. The van der Waals surface area contributed by atoms with Gasteiger partial charge in [0.1, 0.15) is 0 Å². The predicted molar refractivity (Wildman–Crippen MR) is 82.6 cm³/mol. The molecular formula is C16H12ClNO4. The van der Waals surface area contributed by atoms with Gasteiger partial charge in [0.2, 0.25) is 5.91 Å². The zero-order chi connectivity index (χ0) is 16.3. The minimum atomic E-state index is -1.18. The van der Waals surface area contributed by atoms with Gasteiger partial charge in [0, 0.05) is 18.1 Å². The van der Waals surface area contributed by atoms with Crippen molar-refractivity contribution in [3.63, 3.8) is 0 Å². The Hall–Kier alpha value is -2.66. The van der Waals surface area contributed by atoms with Crippen molar-refractivity contribution in [1.29, 1.82) is 0 Å². The van der Waals surface area contributed by atoms with E-state index in [1.165, 1.54) is 37.3 Å². The van der Waals surface area contributed by atoms with Gasteiger partial charge < -0.3 is 10.4 Å². The molecular weight excluding hydrogens is 306 g/mol. The van der Waals surface area contributed by atoms with Crippen LogP contribution in [0, 0.1) is 0 Å². The molecule has 2 N–H and O–H groups in total. The van der Waals surface area contributed by atoms with E-state index in [0.717, 1.165) is 0 Å². The average molecular weight is 318 g/mol. The average Bonchev–Trinajstić information content (AvgIpc) is 2.48. The summed E-state index contributed by atoms with van der Waals surface area (Å²) in [5.41, 5.74) is 0.532. The standard InChI is InChI=1S/C16H12ClNO4/c1-9(19)18-14-8-10(6-7-13(14)17)15(20)11-4-2-3-5-12(11)16(21)22/h2-8H,1H3,(H,18,19)(H,21,22). The number of halogens is 1. The lowest BCUT2D eigenvalue weighted by Gasteiger charge is -2.09. The minimum absolute atomic E-state index is 0.0751. The number of ketones is 1. The van der Waals surface area contributed by atoms with Crippen molar-refractivity contribution < 1.29 is 19.5 Å². The highest BCUT2D eigenvalue weighted by atomic mass is 35.5. The zero-order valence-corrected chi connectivity index (χ0v) is 12.3. The molecule has 0 spiro atoms. The molecule has 1 amide bonds. The van der Waals surface area contributed by atoms with Gasteiger partial charge in [-0.25, -0.2) is 4.79 Å². The first-order chi connectivity index (χ1) is 10.4. The van der Waals surface area contributed by atoms with E-state index in [1.807, 2.05) is 0 Å². The fourth-order valence-electron chi connectivity index (χ4n) is 1.98. The van der Waals surface area contributed by atoms with Crippen molar-refractivity contribution in [3.8, 4) is 0 Å². The summed E-state index contributed by atoms with van der Waals surface area (Å²) in [6, 6.07) is 10.3. The van der Waals surface area contributed by atoms with E-state index in [0.29, 0.717) is 10.7 Å². The number of hydrogen-bond donors (Lipinski definition) is 2. The minimum Gasteiger partial charge on any atom is -0.478 e. The van der Waals surface area contributed by atoms with Gasteiger partial charge in [-0.2, -0.15) is 0 Å². The van der Waals surface area contributed by atoms with E-state index < -0.39 is 11.8 Å². The summed E-state index contributed by atoms with van der Waals surface area (Å²) >= 11 is 5.95. The van der Waals surface area contributed by atoms with Crippen LogP contribution < -0.4 is 5.32 Å². The van der Waals surface area contributed by atoms with Gasteiger partial charge in [-0.15, -0.1) is 0 Å². The SMILES string of the molecule is CC(=O)Nc1cc(C(=O)c2ccccc2C(=O)O)ccc1Cl. The first-order valence-corrected chi connectivity index (χ1v) is 6.72. The van der Waals surface area contributed by atoms with Gasteiger partial charge in [0.05, 0.1) is 16.3 Å². The number of aromatic carboxylic acids is 1. The number of anilines is 1. The van der Waals surface area contributed by atoms with Gasteiger partial charge in [-0.1, -0.05) is 29.8 Å². The summed E-state index contributed by atoms with van der Waals surface area (Å²) in [6.07, 6.45) is 0. The molecule has 0 unspecified atom stereocenters. The second kappa shape index (κ2) is 6.41. The molecule has 0 aliphatic rings. The van der Waals surface area contributed by atoms with E-state index in [-0.39, 0.29) is 22.6 Å². The Balaban J connectivity index is 2.46. The molecule has 2 rings (SSSR count). The second-order valence-corrected chi connectivity index (χ2v) is 4.96. The molecule has 2 aromatic rings. The van der Waals surface area contributed by atoms with Crippen molar-refractivity contribution in [2.24, 2.45) is 0 Å². The molecule has 5 nitrogen and oxygen atoms in total. The van der Waals surface area contributed by atoms with Crippen LogP contribution in [0.25, 0.3) is 0 Å². The van der Waals surface area contributed by atoms with Gasteiger partial charge in [0.25, 0.3) is 0 Å². The van der Waals surface area contributed by atoms with Crippen LogP contribution >= 0.6 is 11.6 Å². The number of amides is 1. The summed E-state index contributed by atoms with van der Waals surface area (Å²) in [5.74, 6) is -1.96. The monoisotopic (exact) mass is 317 g/mol. The molecule has 0 bridgehead atoms. The van der Waals surface area contributed by atoms with E-state index in [2.05, 4.69) is 5.32 Å². The number of carboxylic acids is 1. The highest BCUT2D eigenvalue weighted by Gasteiger charge is 2.18. The first-order valence-electron chi connectivity index (χ1n) is 6.34. The lowest BCUT2D eigenvalue weighted by Crippen LogP contribution is -2.11. The maximum absolute atomic E-state index is 12.5. The van der Waals surface area contributed by atoms with Crippen LogP contribution in [0.2, 0.25) is 5.02 Å². The van der Waals surface area contributed by atoms with E-state index in [1.54, 1.807) is 12.1 Å². The molecule has 2 aromatic carbocycles. The number of carboxylic acid groups (broad SMARTS) is 1. The summed E-state index contributed by atoms with van der Waals surface area (Å²) in [5, 5.41) is 12.0. The molecule has 0 radical (unpaired) electrons. The van der Waals surface area contributed by atoms with E-state index in [4.69, 9.17) is 16.7 Å². The van der Waals surface area contributed by atoms with Gasteiger partial charge in [0.15, 0.2) is 5.78 Å². The smallest absolute Gasteiger partial charge is 0.336 e. The molecule has 0 atom stereocenters. The number of nitrogens with one attached hydrogen (secondary N) is 1. The van der Waals surface area contributed by atoms with Crippen LogP contribution in [-0.4, -0.2) is 22.8 Å². The largest absolute Gasteiger partial charge is 0.478 e. The summed E-state index contributed by atoms with van der Waals surface area (Å²) in [4.78, 5) is 34.8. The molecule has 0 fully saturated rings. The number of carbonyl (C=O) groups is 3. The fraction of sp³-hybridized carbons (Fsp3) is 0.0625. The number of carbonyl (C=O) groups excluding carboxylic acids is 2. The maximum atomic E-state index is 12.5. The van der Waals surface area contributed by atoms with Crippen LogP contribution in [0.5, 0.6) is 0 Å². The van der Waals surface area contributed by atoms with Crippen LogP contribution in [0.4, 0.5) is 5.69 Å². The highest BCUT2D eigenvalue weighted by molar-refractivity contribution is 6.34. The normalized spacial score (nSPS) is 10.1. The third-order valence-electron chi connectivity index (χ3n) is 2.94. The Morgan fingerprint density at radius 1 is 1.05 bits per heavy atom. The second-order valence-electron chi connectivity index (χ2n) is 4.56. The van der Waals surface area contributed by atoms with Gasteiger partial charge >= 0.3 is 5.97 Å². The van der Waals surface area contributed by atoms with Crippen LogP contribution in [0.15, 0.2) is 42.5 Å². The van der Waals surface area contributed by atoms with Crippen molar-refractivity contribution in [2.45, 2.75) is 6.92 Å². The van der Waals surface area contributed by atoms with Crippen molar-refractivity contribution in [2.75, 3.05) is 5.32 Å². The molecule has 0 aliphatic heterocycles. The predicted octanol–water partition coefficient (Wildman–Crippen LogP) is 3.23. The highest BCUT2D eigenvalue weighted by Crippen LogP contribution is 2.25. The van der Waals surface area contributed by atoms with Gasteiger partial charge in [-0.3, -0.25) is 9.59 Å². The van der Waals surface area contributed by atoms with Crippen LogP contribution in [-0.2, 0) is 4.79 Å². The molecule has 112 valence electrons. The Kier molecular flexibility index (Phi) is 4.58. The summed E-state index contributed by atoms with van der Waals surface area (Å²) < 4.78 is 0. The van der Waals surface area contributed by atoms with Gasteiger partial charge in [-0.05, 0) is 24.3 Å². The lowest BCUT2D eigenvalue weighted by molar-refractivity contribution is -0.114. The number of rotatable bonds is 4. The Morgan fingerprint density at radius 3 is 2.27 bits per heavy atom. The first kappa shape index (κ1) is 15.7. The Morgan fingerprint density at radius 2 is 1.68 bits per heavy atom. The van der Waals surface area contributed by atoms with E-state index in [9.17, 15) is 14.4 Å². The van der Waals surface area contributed by atoms with Crippen molar-refractivity contribution >= 4 is 34.9 Å². The lowest BCUT2D eigenvalue weighted by atomic mass is 9.98. The van der Waals surface area contributed by atoms with Crippen molar-refractivity contribution in [3.05, 3.63) is 64.2 Å². The summed E-state index contributed by atoms with van der Waals surface area (Å²) in [6.45, 7) is 1.32. The third kappa shape index (κ3) is 3.32. The van der Waals surface area contributed by atoms with E-state index >= 15 is 0 Å². The summed E-state index contributed by atoms with van der Waals surface area (Å²) in [7, 11) is 0. The molecule has 0 aromatic heterocycles. The molecule has 0 heterocycles. The van der Waals surface area contributed by atoms with Crippen LogP contribution in [0.1, 0.15) is 33.2 Å². The Labute approximate surface area is 131 Å². The molecule has 22 heavy (non-hydrogen) atoms. The maximum Gasteiger partial charge on any atom is 0.336 e. The number of benzene rings is 2. The topological polar surface area (TPSA) is 83.5 Å². The number of hydrogen-bond acceptors (Lipinski definition) is 3. The molecule has 6 heteroatoms.